The monoisotopic (exact) mass is 437 g/mol. The summed E-state index contributed by atoms with van der Waals surface area (Å²) in [5.74, 6) is -0.374. The maximum Gasteiger partial charge on any atom is 0.355 e. The number of carbonyl (C=O) groups excluding carboxylic acids is 2. The highest BCUT2D eigenvalue weighted by atomic mass is 16.5. The zero-order chi connectivity index (χ0) is 22.8. The van der Waals surface area contributed by atoms with Crippen molar-refractivity contribution in [2.24, 2.45) is 0 Å². The molecule has 1 atom stereocenters. The van der Waals surface area contributed by atoms with Crippen molar-refractivity contribution in [1.29, 1.82) is 0 Å². The van der Waals surface area contributed by atoms with Crippen molar-refractivity contribution in [1.82, 2.24) is 20.2 Å². The van der Waals surface area contributed by atoms with Crippen molar-refractivity contribution in [2.75, 3.05) is 26.6 Å². The fourth-order valence-electron chi connectivity index (χ4n) is 3.46. The lowest BCUT2D eigenvalue weighted by molar-refractivity contribution is -0.136. The van der Waals surface area contributed by atoms with Gasteiger partial charge in [0.15, 0.2) is 17.3 Å². The van der Waals surface area contributed by atoms with E-state index in [0.29, 0.717) is 16.9 Å². The van der Waals surface area contributed by atoms with E-state index in [0.717, 1.165) is 0 Å². The fraction of sp³-hybridized carbons (Fsp3) is 0.190. The number of nitrogens with one attached hydrogen (secondary N) is 1. The number of nitrogens with zero attached hydrogens (tertiary/aromatic N) is 4. The maximum absolute atomic E-state index is 13.7. The molecule has 164 valence electrons. The van der Waals surface area contributed by atoms with Crippen LogP contribution in [0, 0.1) is 0 Å². The van der Waals surface area contributed by atoms with E-state index in [1.54, 1.807) is 36.4 Å². The lowest BCUT2D eigenvalue weighted by atomic mass is 9.89. The molecule has 0 saturated heterocycles. The molecule has 11 nitrogen and oxygen atoms in total. The number of ether oxygens (including phenoxy) is 3. The largest absolute Gasteiger partial charge is 0.504 e. The summed E-state index contributed by atoms with van der Waals surface area (Å²) in [5.41, 5.74) is 0.798. The quantitative estimate of drug-likeness (QED) is 0.433. The van der Waals surface area contributed by atoms with Gasteiger partial charge in [-0.15, -0.1) is 0 Å². The van der Waals surface area contributed by atoms with Gasteiger partial charge in [0.25, 0.3) is 0 Å². The number of ketones is 1. The zero-order valence-corrected chi connectivity index (χ0v) is 17.4. The van der Waals surface area contributed by atoms with Gasteiger partial charge in [0, 0.05) is 5.56 Å². The van der Waals surface area contributed by atoms with E-state index in [1.807, 2.05) is 0 Å². The van der Waals surface area contributed by atoms with E-state index in [-0.39, 0.29) is 28.7 Å². The third kappa shape index (κ3) is 3.49. The standard InChI is InChI=1S/C21H19N5O6/c1-30-13-7-4-11(5-8-13)19(28)16-17(20(29)32-3)22-21-23-24-25-26(21)18(16)12-6-9-14(27)15(10-12)31-2/h4-10,18,27H,1-3H3,(H,22,23,25). The minimum absolute atomic E-state index is 0.0644. The van der Waals surface area contributed by atoms with Crippen LogP contribution in [0.2, 0.25) is 0 Å². The molecule has 2 N–H and O–H groups in total. The van der Waals surface area contributed by atoms with Gasteiger partial charge in [-0.3, -0.25) is 4.79 Å². The van der Waals surface area contributed by atoms with Crippen LogP contribution in [0.1, 0.15) is 22.0 Å². The number of tetrazole rings is 1. The molecule has 0 amide bonds. The van der Waals surface area contributed by atoms with E-state index in [9.17, 15) is 14.7 Å². The minimum Gasteiger partial charge on any atom is -0.504 e. The number of hydrogen-bond acceptors (Lipinski definition) is 10. The van der Waals surface area contributed by atoms with E-state index in [1.165, 1.54) is 32.1 Å². The van der Waals surface area contributed by atoms with Crippen LogP contribution in [0.15, 0.2) is 53.7 Å². The Hall–Kier alpha value is -4.41. The van der Waals surface area contributed by atoms with E-state index in [2.05, 4.69) is 20.8 Å². The van der Waals surface area contributed by atoms with Crippen molar-refractivity contribution in [3.63, 3.8) is 0 Å². The topological polar surface area (TPSA) is 138 Å². The Morgan fingerprint density at radius 3 is 2.47 bits per heavy atom. The number of methoxy groups -OCH3 is 3. The molecule has 4 rings (SSSR count). The molecule has 1 unspecified atom stereocenters. The summed E-state index contributed by atoms with van der Waals surface area (Å²) in [4.78, 5) is 26.3. The van der Waals surface area contributed by atoms with Crippen LogP contribution in [0.4, 0.5) is 5.95 Å². The number of hydrogen-bond donors (Lipinski definition) is 2. The predicted molar refractivity (Wildman–Crippen MR) is 111 cm³/mol. The summed E-state index contributed by atoms with van der Waals surface area (Å²) < 4.78 is 16.6. The zero-order valence-electron chi connectivity index (χ0n) is 17.4. The second kappa shape index (κ2) is 8.38. The predicted octanol–water partition coefficient (Wildman–Crippen LogP) is 1.72. The molecule has 1 aliphatic heterocycles. The number of fused-ring (bicyclic) bond motifs is 1. The third-order valence-electron chi connectivity index (χ3n) is 5.02. The molecule has 0 bridgehead atoms. The molecule has 32 heavy (non-hydrogen) atoms. The number of aromatic nitrogens is 4. The Labute approximate surface area is 182 Å². The van der Waals surface area contributed by atoms with Gasteiger partial charge >= 0.3 is 5.97 Å². The molecule has 0 radical (unpaired) electrons. The van der Waals surface area contributed by atoms with Gasteiger partial charge in [0.05, 0.1) is 26.9 Å². The lowest BCUT2D eigenvalue weighted by Gasteiger charge is -2.28. The number of phenolic OH excluding ortho intramolecular Hbond substituents is 1. The Bertz CT molecular complexity index is 1220. The highest BCUT2D eigenvalue weighted by Crippen LogP contribution is 2.39. The first-order valence-corrected chi connectivity index (χ1v) is 9.41. The summed E-state index contributed by atoms with van der Waals surface area (Å²) in [6, 6.07) is 10.1. The first kappa shape index (κ1) is 20.8. The molecule has 2 heterocycles. The highest BCUT2D eigenvalue weighted by Gasteiger charge is 2.38. The SMILES string of the molecule is COC(=O)C1=C(C(=O)c2ccc(OC)cc2)C(c2ccc(O)c(OC)c2)n2nnnc2N1. The molecule has 11 heteroatoms. The molecule has 0 aliphatic carbocycles. The number of carbonyl (C=O) groups is 2. The average molecular weight is 437 g/mol. The van der Waals surface area contributed by atoms with Gasteiger partial charge in [0.1, 0.15) is 17.5 Å². The third-order valence-corrected chi connectivity index (χ3v) is 5.02. The summed E-state index contributed by atoms with van der Waals surface area (Å²) in [7, 11) is 4.14. The van der Waals surface area contributed by atoms with Crippen LogP contribution in [0.25, 0.3) is 0 Å². The second-order valence-corrected chi connectivity index (χ2v) is 6.74. The number of aromatic hydroxyl groups is 1. The first-order chi connectivity index (χ1) is 15.5. The van der Waals surface area contributed by atoms with Crippen LogP contribution in [-0.2, 0) is 9.53 Å². The van der Waals surface area contributed by atoms with Gasteiger partial charge in [-0.1, -0.05) is 11.2 Å². The summed E-state index contributed by atoms with van der Waals surface area (Å²) in [6.45, 7) is 0. The van der Waals surface area contributed by atoms with Crippen molar-refractivity contribution >= 4 is 17.7 Å². The van der Waals surface area contributed by atoms with Gasteiger partial charge < -0.3 is 24.6 Å². The van der Waals surface area contributed by atoms with Gasteiger partial charge in [-0.25, -0.2) is 4.79 Å². The molecular weight excluding hydrogens is 418 g/mol. The molecule has 0 spiro atoms. The maximum atomic E-state index is 13.7. The molecular formula is C21H19N5O6. The number of anilines is 1. The number of Topliss-reactive ketones (excluding diaryl/α,β-unsaturated/α-hetero) is 1. The smallest absolute Gasteiger partial charge is 0.355 e. The number of rotatable bonds is 6. The molecule has 0 saturated carbocycles. The Balaban J connectivity index is 1.93. The second-order valence-electron chi connectivity index (χ2n) is 6.74. The Morgan fingerprint density at radius 1 is 1.06 bits per heavy atom. The summed E-state index contributed by atoms with van der Waals surface area (Å²) >= 11 is 0. The summed E-state index contributed by atoms with van der Waals surface area (Å²) in [5, 5.41) is 24.4. The van der Waals surface area contributed by atoms with E-state index < -0.39 is 17.8 Å². The number of benzene rings is 2. The van der Waals surface area contributed by atoms with Crippen molar-refractivity contribution in [3.05, 3.63) is 64.9 Å². The van der Waals surface area contributed by atoms with Crippen LogP contribution in [-0.4, -0.2) is 58.4 Å². The molecule has 2 aromatic carbocycles. The van der Waals surface area contributed by atoms with E-state index in [4.69, 9.17) is 14.2 Å². The molecule has 0 fully saturated rings. The highest BCUT2D eigenvalue weighted by molar-refractivity contribution is 6.15. The van der Waals surface area contributed by atoms with Gasteiger partial charge in [0.2, 0.25) is 5.95 Å². The summed E-state index contributed by atoms with van der Waals surface area (Å²) in [6.07, 6.45) is 0. The van der Waals surface area contributed by atoms with Crippen molar-refractivity contribution in [2.45, 2.75) is 6.04 Å². The Morgan fingerprint density at radius 2 is 1.81 bits per heavy atom. The van der Waals surface area contributed by atoms with Crippen LogP contribution < -0.4 is 14.8 Å². The number of phenols is 1. The lowest BCUT2D eigenvalue weighted by Crippen LogP contribution is -2.33. The molecule has 1 aromatic heterocycles. The van der Waals surface area contributed by atoms with Crippen LogP contribution in [0.5, 0.6) is 17.2 Å². The Kier molecular flexibility index (Phi) is 5.46. The van der Waals surface area contributed by atoms with E-state index >= 15 is 0 Å². The molecule has 1 aliphatic rings. The number of esters is 1. The minimum atomic E-state index is -0.903. The first-order valence-electron chi connectivity index (χ1n) is 9.41. The van der Waals surface area contributed by atoms with Crippen LogP contribution >= 0.6 is 0 Å². The average Bonchev–Trinajstić information content (AvgIpc) is 3.31. The van der Waals surface area contributed by atoms with Crippen LogP contribution in [0.3, 0.4) is 0 Å². The fourth-order valence-corrected chi connectivity index (χ4v) is 3.46. The van der Waals surface area contributed by atoms with Crippen molar-refractivity contribution < 1.29 is 28.9 Å². The van der Waals surface area contributed by atoms with Gasteiger partial charge in [-0.05, 0) is 52.4 Å². The number of allylic oxidation sites excluding steroid dienone is 1. The van der Waals surface area contributed by atoms with Crippen molar-refractivity contribution in [3.8, 4) is 17.2 Å². The molecule has 3 aromatic rings. The normalized spacial score (nSPS) is 14.9. The van der Waals surface area contributed by atoms with Gasteiger partial charge in [-0.2, -0.15) is 4.68 Å².